The number of alkyl carbamates (subject to hydrolysis) is 1. The second-order valence-electron chi connectivity index (χ2n) is 9.40. The minimum absolute atomic E-state index is 0.00169. The summed E-state index contributed by atoms with van der Waals surface area (Å²) in [6.45, 7) is -0.167. The van der Waals surface area contributed by atoms with Crippen LogP contribution in [0, 0.1) is 30.3 Å². The number of nitrogens with zero attached hydrogens (tertiary/aromatic N) is 3. The lowest BCUT2D eigenvalue weighted by Crippen LogP contribution is -2.43. The Hall–Kier alpha value is -5.17. The molecule has 0 aliphatic heterocycles. The van der Waals surface area contributed by atoms with E-state index in [9.17, 15) is 44.7 Å². The highest BCUT2D eigenvalue weighted by molar-refractivity contribution is 5.81. The lowest BCUT2D eigenvalue weighted by atomic mass is 10.1. The summed E-state index contributed by atoms with van der Waals surface area (Å²) >= 11 is 0. The van der Waals surface area contributed by atoms with Gasteiger partial charge in [-0.25, -0.2) is 14.4 Å². The molecule has 1 aromatic rings. The second kappa shape index (κ2) is 24.2. The summed E-state index contributed by atoms with van der Waals surface area (Å²) < 4.78 is 20.4. The molecule has 20 nitrogen and oxygen atoms in total. The van der Waals surface area contributed by atoms with Gasteiger partial charge in [0.1, 0.15) is 11.8 Å². The number of unbranched alkanes of at least 4 members (excludes halogenated alkanes) is 6. The highest BCUT2D eigenvalue weighted by Gasteiger charge is 2.24. The van der Waals surface area contributed by atoms with E-state index in [2.05, 4.69) is 19.8 Å². The molecule has 0 bridgehead atoms. The van der Waals surface area contributed by atoms with E-state index >= 15 is 0 Å². The molecule has 0 radical (unpaired) electrons. The molecule has 0 aromatic heterocycles. The summed E-state index contributed by atoms with van der Waals surface area (Å²) in [5.41, 5.74) is 0.572. The standard InChI is InChI=1S/C26H38N4O16/c31-24(40-14-4-1-7-17-43-28(34)35)23(27-25(32)41-15-5-2-8-18-44-29(36)37)20-21-10-12-22(13-11-21)46-26(33)42-16-6-3-9-19-45-30(38)39/h10-13,23H,1-9,14-20H2,(H,27,32). The smallest absolute Gasteiger partial charge is 0.464 e. The Kier molecular flexibility index (Phi) is 20.4. The molecule has 1 atom stereocenters. The quantitative estimate of drug-likeness (QED) is 0.0371. The number of esters is 1. The number of benzene rings is 1. The first kappa shape index (κ1) is 38.9. The Bertz CT molecular complexity index is 1090. The molecular formula is C26H38N4O16. The van der Waals surface area contributed by atoms with Gasteiger partial charge in [0.2, 0.25) is 0 Å². The van der Waals surface area contributed by atoms with Crippen LogP contribution in [0.5, 0.6) is 5.75 Å². The van der Waals surface area contributed by atoms with Crippen molar-refractivity contribution in [2.45, 2.75) is 70.3 Å². The van der Waals surface area contributed by atoms with Gasteiger partial charge in [0.05, 0.1) is 39.6 Å². The zero-order valence-electron chi connectivity index (χ0n) is 25.1. The van der Waals surface area contributed by atoms with E-state index in [1.807, 2.05) is 0 Å². The van der Waals surface area contributed by atoms with E-state index in [0.29, 0.717) is 63.4 Å². The van der Waals surface area contributed by atoms with Gasteiger partial charge in [0.15, 0.2) is 0 Å². The molecule has 1 rings (SSSR count). The number of carbonyl (C=O) groups is 3. The number of rotatable bonds is 26. The molecule has 1 unspecified atom stereocenters. The first-order valence-electron chi connectivity index (χ1n) is 14.4. The van der Waals surface area contributed by atoms with Crippen LogP contribution in [0.15, 0.2) is 24.3 Å². The van der Waals surface area contributed by atoms with Crippen molar-refractivity contribution in [3.63, 3.8) is 0 Å². The lowest BCUT2D eigenvalue weighted by molar-refractivity contribution is -0.757. The summed E-state index contributed by atoms with van der Waals surface area (Å²) in [5.74, 6) is -0.589. The van der Waals surface area contributed by atoms with Gasteiger partial charge >= 0.3 is 18.2 Å². The number of amides is 1. The summed E-state index contributed by atoms with van der Waals surface area (Å²) in [5, 5.41) is 30.2. The van der Waals surface area contributed by atoms with Crippen molar-refractivity contribution in [1.82, 2.24) is 5.32 Å². The van der Waals surface area contributed by atoms with Crippen LogP contribution in [0.3, 0.4) is 0 Å². The first-order valence-corrected chi connectivity index (χ1v) is 14.4. The topological polar surface area (TPSA) is 257 Å². The fourth-order valence-corrected chi connectivity index (χ4v) is 3.59. The van der Waals surface area contributed by atoms with Crippen molar-refractivity contribution in [3.8, 4) is 5.75 Å². The summed E-state index contributed by atoms with van der Waals surface area (Å²) in [6, 6.07) is 4.90. The van der Waals surface area contributed by atoms with Gasteiger partial charge in [0.25, 0.3) is 15.3 Å². The number of hydrogen-bond acceptors (Lipinski definition) is 16. The van der Waals surface area contributed by atoms with Crippen molar-refractivity contribution in [2.24, 2.45) is 0 Å². The third-order valence-corrected chi connectivity index (χ3v) is 5.79. The average molecular weight is 663 g/mol. The molecule has 0 spiro atoms. The predicted molar refractivity (Wildman–Crippen MR) is 152 cm³/mol. The highest BCUT2D eigenvalue weighted by atomic mass is 17.0. The normalized spacial score (nSPS) is 11.0. The third-order valence-electron chi connectivity index (χ3n) is 5.79. The third kappa shape index (κ3) is 21.5. The predicted octanol–water partition coefficient (Wildman–Crippen LogP) is 3.52. The van der Waals surface area contributed by atoms with Crippen LogP contribution in [0.1, 0.15) is 63.4 Å². The molecule has 1 N–H and O–H groups in total. The van der Waals surface area contributed by atoms with Gasteiger partial charge in [-0.05, 0) is 75.5 Å². The molecule has 0 aliphatic rings. The molecule has 0 saturated carbocycles. The average Bonchev–Trinajstić information content (AvgIpc) is 2.99. The van der Waals surface area contributed by atoms with Crippen LogP contribution >= 0.6 is 0 Å². The van der Waals surface area contributed by atoms with Crippen LogP contribution in [0.25, 0.3) is 0 Å². The molecule has 258 valence electrons. The van der Waals surface area contributed by atoms with Gasteiger partial charge in [-0.3, -0.25) is 0 Å². The number of carbonyl (C=O) groups excluding carboxylic acids is 3. The van der Waals surface area contributed by atoms with Crippen molar-refractivity contribution >= 4 is 18.2 Å². The number of ether oxygens (including phenoxy) is 4. The molecule has 0 fully saturated rings. The first-order chi connectivity index (χ1) is 22.1. The van der Waals surface area contributed by atoms with E-state index < -0.39 is 39.5 Å². The Balaban J connectivity index is 2.57. The van der Waals surface area contributed by atoms with Gasteiger partial charge in [-0.2, -0.15) is 0 Å². The monoisotopic (exact) mass is 662 g/mol. The highest BCUT2D eigenvalue weighted by Crippen LogP contribution is 2.15. The van der Waals surface area contributed by atoms with Crippen LogP contribution < -0.4 is 10.1 Å². The van der Waals surface area contributed by atoms with E-state index in [-0.39, 0.29) is 51.8 Å². The minimum Gasteiger partial charge on any atom is -0.464 e. The molecule has 20 heteroatoms. The fourth-order valence-electron chi connectivity index (χ4n) is 3.59. The Morgan fingerprint density at radius 3 is 1.52 bits per heavy atom. The SMILES string of the molecule is O=C(NC(Cc1ccc(OC(=O)OCCCCCO[N+](=O)[O-])cc1)C(=O)OCCCCCO[N+](=O)[O-])OCCCCCO[N+](=O)[O-]. The molecule has 0 aliphatic carbocycles. The zero-order valence-corrected chi connectivity index (χ0v) is 25.1. The molecular weight excluding hydrogens is 624 g/mol. The van der Waals surface area contributed by atoms with E-state index in [0.717, 1.165) is 0 Å². The van der Waals surface area contributed by atoms with Crippen LogP contribution in [0.2, 0.25) is 0 Å². The summed E-state index contributed by atoms with van der Waals surface area (Å²) in [6.07, 6.45) is 2.17. The number of nitrogens with one attached hydrogen (secondary N) is 1. The number of hydrogen-bond donors (Lipinski definition) is 1. The second-order valence-corrected chi connectivity index (χ2v) is 9.40. The zero-order chi connectivity index (χ0) is 34.0. The minimum atomic E-state index is -1.15. The Labute approximate surface area is 262 Å². The molecule has 0 saturated heterocycles. The van der Waals surface area contributed by atoms with Crippen molar-refractivity contribution in [2.75, 3.05) is 39.6 Å². The van der Waals surface area contributed by atoms with Crippen molar-refractivity contribution in [1.29, 1.82) is 0 Å². The van der Waals surface area contributed by atoms with Crippen LogP contribution in [-0.4, -0.2) is 79.2 Å². The Morgan fingerprint density at radius 2 is 1.04 bits per heavy atom. The van der Waals surface area contributed by atoms with Gasteiger partial charge < -0.3 is 38.8 Å². The maximum Gasteiger partial charge on any atom is 0.513 e. The molecule has 0 heterocycles. The van der Waals surface area contributed by atoms with Gasteiger partial charge in [-0.15, -0.1) is 30.3 Å². The maximum atomic E-state index is 12.8. The molecule has 46 heavy (non-hydrogen) atoms. The van der Waals surface area contributed by atoms with Crippen LogP contribution in [0.4, 0.5) is 9.59 Å². The molecule has 1 aromatic carbocycles. The fraction of sp³-hybridized carbons (Fsp3) is 0.654. The van der Waals surface area contributed by atoms with Gasteiger partial charge in [0, 0.05) is 6.42 Å². The molecule has 1 amide bonds. The largest absolute Gasteiger partial charge is 0.513 e. The Morgan fingerprint density at radius 1 is 0.609 bits per heavy atom. The maximum absolute atomic E-state index is 12.8. The van der Waals surface area contributed by atoms with E-state index in [4.69, 9.17) is 18.9 Å². The van der Waals surface area contributed by atoms with Crippen molar-refractivity contribution in [3.05, 3.63) is 60.2 Å². The van der Waals surface area contributed by atoms with Crippen LogP contribution in [-0.2, 0) is 39.9 Å². The van der Waals surface area contributed by atoms with E-state index in [1.54, 1.807) is 12.1 Å². The van der Waals surface area contributed by atoms with Gasteiger partial charge in [-0.1, -0.05) is 12.1 Å². The lowest BCUT2D eigenvalue weighted by Gasteiger charge is -2.18. The summed E-state index contributed by atoms with van der Waals surface area (Å²) in [7, 11) is 0. The van der Waals surface area contributed by atoms with Crippen molar-refractivity contribution < 1.29 is 63.1 Å². The summed E-state index contributed by atoms with van der Waals surface area (Å²) in [4.78, 5) is 80.1. The van der Waals surface area contributed by atoms with E-state index in [1.165, 1.54) is 12.1 Å².